The summed E-state index contributed by atoms with van der Waals surface area (Å²) in [5, 5.41) is 5.48. The maximum Gasteiger partial charge on any atom is 0.313 e. The smallest absolute Gasteiger partial charge is 0.313 e. The van der Waals surface area contributed by atoms with Gasteiger partial charge in [0.2, 0.25) is 0 Å². The Hall–Kier alpha value is -1.55. The molecule has 1 heterocycles. The van der Waals surface area contributed by atoms with E-state index in [1.807, 2.05) is 0 Å². The van der Waals surface area contributed by atoms with Gasteiger partial charge in [-0.3, -0.25) is 9.59 Å². The first-order chi connectivity index (χ1) is 6.66. The zero-order valence-electron chi connectivity index (χ0n) is 7.13. The van der Waals surface area contributed by atoms with E-state index in [1.165, 1.54) is 0 Å². The number of fused-ring (bicyclic) bond motifs is 1. The van der Waals surface area contributed by atoms with Gasteiger partial charge in [0.15, 0.2) is 0 Å². The van der Waals surface area contributed by atoms with Crippen molar-refractivity contribution in [3.63, 3.8) is 0 Å². The van der Waals surface area contributed by atoms with Crippen LogP contribution in [0.25, 0.3) is 0 Å². The molecule has 1 aliphatic heterocycles. The number of hydrogen-bond acceptors (Lipinski definition) is 2. The Bertz CT molecular complexity index is 417. The number of anilines is 1. The first-order valence-corrected chi connectivity index (χ1v) is 4.42. The van der Waals surface area contributed by atoms with Crippen molar-refractivity contribution >= 4 is 29.1 Å². The second-order valence-corrected chi connectivity index (χ2v) is 3.37. The maximum atomic E-state index is 11.1. The van der Waals surface area contributed by atoms with E-state index in [0.717, 1.165) is 5.56 Å². The summed E-state index contributed by atoms with van der Waals surface area (Å²) >= 11 is 5.76. The lowest BCUT2D eigenvalue weighted by Gasteiger charge is -2.04. The van der Waals surface area contributed by atoms with Gasteiger partial charge in [-0.25, -0.2) is 0 Å². The van der Waals surface area contributed by atoms with Gasteiger partial charge < -0.3 is 10.6 Å². The van der Waals surface area contributed by atoms with Crippen LogP contribution in [0.15, 0.2) is 18.2 Å². The fraction of sp³-hybridized carbons (Fsp3) is 0.111. The molecule has 0 fully saturated rings. The van der Waals surface area contributed by atoms with Gasteiger partial charge >= 0.3 is 11.8 Å². The minimum Gasteiger partial charge on any atom is -0.344 e. The molecule has 2 rings (SSSR count). The molecule has 1 aromatic carbocycles. The van der Waals surface area contributed by atoms with Crippen LogP contribution in [0.3, 0.4) is 0 Å². The standard InChI is InChI=1S/C9H7ClN2O2/c10-6-2-1-5-4-11-8(13)9(14)12-7(5)3-6/h1-3H,4H2,(H,11,13)(H,12,14). The van der Waals surface area contributed by atoms with Crippen molar-refractivity contribution < 1.29 is 9.59 Å². The number of halogens is 1. The summed E-state index contributed by atoms with van der Waals surface area (Å²) in [6.07, 6.45) is 0. The van der Waals surface area contributed by atoms with Crippen molar-refractivity contribution in [2.24, 2.45) is 0 Å². The average molecular weight is 211 g/mol. The van der Waals surface area contributed by atoms with E-state index in [-0.39, 0.29) is 0 Å². The van der Waals surface area contributed by atoms with E-state index >= 15 is 0 Å². The zero-order chi connectivity index (χ0) is 10.1. The first-order valence-electron chi connectivity index (χ1n) is 4.04. The van der Waals surface area contributed by atoms with Crippen LogP contribution in [0, 0.1) is 0 Å². The van der Waals surface area contributed by atoms with Crippen LogP contribution in [-0.4, -0.2) is 11.8 Å². The quantitative estimate of drug-likeness (QED) is 0.626. The number of amides is 2. The largest absolute Gasteiger partial charge is 0.344 e. The van der Waals surface area contributed by atoms with Crippen molar-refractivity contribution in [2.45, 2.75) is 6.54 Å². The summed E-state index contributed by atoms with van der Waals surface area (Å²) in [5.74, 6) is -1.29. The molecule has 0 bridgehead atoms. The van der Waals surface area contributed by atoms with Crippen molar-refractivity contribution in [2.75, 3.05) is 5.32 Å². The molecule has 72 valence electrons. The van der Waals surface area contributed by atoms with Crippen LogP contribution in [-0.2, 0) is 16.1 Å². The molecule has 2 N–H and O–H groups in total. The zero-order valence-corrected chi connectivity index (χ0v) is 7.89. The molecule has 14 heavy (non-hydrogen) atoms. The highest BCUT2D eigenvalue weighted by Crippen LogP contribution is 2.22. The molecule has 0 aliphatic carbocycles. The lowest BCUT2D eigenvalue weighted by atomic mass is 10.2. The van der Waals surface area contributed by atoms with E-state index in [1.54, 1.807) is 18.2 Å². The lowest BCUT2D eigenvalue weighted by molar-refractivity contribution is -0.136. The minimum absolute atomic E-state index is 0.337. The normalized spacial score (nSPS) is 15.2. The molecule has 4 nitrogen and oxygen atoms in total. The summed E-state index contributed by atoms with van der Waals surface area (Å²) in [6.45, 7) is 0.337. The maximum absolute atomic E-state index is 11.1. The Morgan fingerprint density at radius 1 is 1.21 bits per heavy atom. The lowest BCUT2D eigenvalue weighted by Crippen LogP contribution is -2.31. The van der Waals surface area contributed by atoms with Gasteiger partial charge in [0.05, 0.1) is 0 Å². The molecule has 0 unspecified atom stereocenters. The molecular formula is C9H7ClN2O2. The van der Waals surface area contributed by atoms with Gasteiger partial charge in [-0.2, -0.15) is 0 Å². The second-order valence-electron chi connectivity index (χ2n) is 2.94. The molecule has 0 aromatic heterocycles. The fourth-order valence-electron chi connectivity index (χ4n) is 1.25. The van der Waals surface area contributed by atoms with Crippen LogP contribution in [0.5, 0.6) is 0 Å². The Morgan fingerprint density at radius 2 is 2.00 bits per heavy atom. The van der Waals surface area contributed by atoms with E-state index in [4.69, 9.17) is 11.6 Å². The molecular weight excluding hydrogens is 204 g/mol. The highest BCUT2D eigenvalue weighted by atomic mass is 35.5. The van der Waals surface area contributed by atoms with Crippen LogP contribution in [0.4, 0.5) is 5.69 Å². The molecule has 0 spiro atoms. The third kappa shape index (κ3) is 1.56. The van der Waals surface area contributed by atoms with E-state index in [2.05, 4.69) is 10.6 Å². The highest BCUT2D eigenvalue weighted by molar-refractivity contribution is 6.40. The van der Waals surface area contributed by atoms with Crippen molar-refractivity contribution in [3.8, 4) is 0 Å². The predicted octanol–water partition coefficient (Wildman–Crippen LogP) is 0.908. The Labute approximate surface area is 85.2 Å². The SMILES string of the molecule is O=C1NCc2ccc(Cl)cc2NC1=O. The van der Waals surface area contributed by atoms with E-state index in [9.17, 15) is 9.59 Å². The number of nitrogens with one attached hydrogen (secondary N) is 2. The van der Waals surface area contributed by atoms with Gasteiger partial charge in [0, 0.05) is 17.3 Å². The number of carbonyl (C=O) groups excluding carboxylic acids is 2. The summed E-state index contributed by atoms with van der Waals surface area (Å²) in [6, 6.07) is 5.10. The van der Waals surface area contributed by atoms with Crippen molar-refractivity contribution in [1.82, 2.24) is 5.32 Å². The first kappa shape index (κ1) is 9.02. The van der Waals surface area contributed by atoms with E-state index < -0.39 is 11.8 Å². The highest BCUT2D eigenvalue weighted by Gasteiger charge is 2.19. The number of rotatable bonds is 0. The molecule has 1 aromatic rings. The van der Waals surface area contributed by atoms with Crippen molar-refractivity contribution in [1.29, 1.82) is 0 Å². The topological polar surface area (TPSA) is 58.2 Å². The molecule has 0 saturated carbocycles. The van der Waals surface area contributed by atoms with Gasteiger partial charge in [0.25, 0.3) is 0 Å². The monoisotopic (exact) mass is 210 g/mol. The van der Waals surface area contributed by atoms with Crippen LogP contribution >= 0.6 is 11.6 Å². The minimum atomic E-state index is -0.661. The Kier molecular flexibility index (Phi) is 2.13. The van der Waals surface area contributed by atoms with Crippen molar-refractivity contribution in [3.05, 3.63) is 28.8 Å². The summed E-state index contributed by atoms with van der Waals surface area (Å²) in [4.78, 5) is 22.1. The number of benzene rings is 1. The molecule has 2 amide bonds. The second kappa shape index (κ2) is 3.31. The van der Waals surface area contributed by atoms with Crippen LogP contribution < -0.4 is 10.6 Å². The van der Waals surface area contributed by atoms with Gasteiger partial charge in [0.1, 0.15) is 0 Å². The van der Waals surface area contributed by atoms with Gasteiger partial charge in [-0.05, 0) is 17.7 Å². The van der Waals surface area contributed by atoms with Gasteiger partial charge in [-0.1, -0.05) is 17.7 Å². The van der Waals surface area contributed by atoms with E-state index in [0.29, 0.717) is 17.3 Å². The van der Waals surface area contributed by atoms with Crippen LogP contribution in [0.1, 0.15) is 5.56 Å². The summed E-state index contributed by atoms with van der Waals surface area (Å²) in [5.41, 5.74) is 1.43. The Morgan fingerprint density at radius 3 is 2.79 bits per heavy atom. The third-order valence-electron chi connectivity index (χ3n) is 1.97. The average Bonchev–Trinajstić information content (AvgIpc) is 2.27. The number of carbonyl (C=O) groups is 2. The summed E-state index contributed by atoms with van der Waals surface area (Å²) in [7, 11) is 0. The molecule has 0 radical (unpaired) electrons. The third-order valence-corrected chi connectivity index (χ3v) is 2.20. The molecule has 0 saturated heterocycles. The molecule has 5 heteroatoms. The molecule has 1 aliphatic rings. The number of hydrogen-bond donors (Lipinski definition) is 2. The fourth-order valence-corrected chi connectivity index (χ4v) is 1.43. The Balaban J connectivity index is 2.43. The summed E-state index contributed by atoms with van der Waals surface area (Å²) < 4.78 is 0. The van der Waals surface area contributed by atoms with Crippen LogP contribution in [0.2, 0.25) is 5.02 Å². The predicted molar refractivity (Wildman–Crippen MR) is 51.9 cm³/mol. The molecule has 0 atom stereocenters. The van der Waals surface area contributed by atoms with Gasteiger partial charge in [-0.15, -0.1) is 0 Å².